The smallest absolute Gasteiger partial charge is 0.313 e. The molecule has 6 nitrogen and oxygen atoms in total. The minimum Gasteiger partial charge on any atom is -0.492 e. The topological polar surface area (TPSA) is 81.7 Å². The molecule has 7 heteroatoms. The molecule has 0 radical (unpaired) electrons. The van der Waals surface area contributed by atoms with Crippen molar-refractivity contribution in [3.05, 3.63) is 58.6 Å². The number of amides is 1. The summed E-state index contributed by atoms with van der Waals surface area (Å²) < 4.78 is 10.9. The molecule has 2 aromatic rings. The highest BCUT2D eigenvalue weighted by molar-refractivity contribution is 6.30. The van der Waals surface area contributed by atoms with Crippen LogP contribution in [-0.2, 0) is 20.7 Å². The second kappa shape index (κ2) is 8.44. The van der Waals surface area contributed by atoms with Crippen LogP contribution in [0.5, 0.6) is 5.75 Å². The quantitative estimate of drug-likeness (QED) is 0.610. The van der Waals surface area contributed by atoms with Crippen LogP contribution in [0.4, 0.5) is 5.69 Å². The zero-order valence-corrected chi connectivity index (χ0v) is 16.3. The number of rotatable bonds is 5. The summed E-state index contributed by atoms with van der Waals surface area (Å²) in [5.41, 5.74) is 1.78. The van der Waals surface area contributed by atoms with Gasteiger partial charge in [-0.3, -0.25) is 14.4 Å². The van der Waals surface area contributed by atoms with Crippen LogP contribution >= 0.6 is 11.6 Å². The first-order valence-electron chi connectivity index (χ1n) is 8.87. The molecule has 2 aromatic carbocycles. The predicted molar refractivity (Wildman–Crippen MR) is 105 cm³/mol. The van der Waals surface area contributed by atoms with Crippen molar-refractivity contribution in [2.45, 2.75) is 26.4 Å². The number of carbonyl (C=O) groups excluding carboxylic acids is 3. The Morgan fingerprint density at radius 2 is 2.00 bits per heavy atom. The maximum absolute atomic E-state index is 12.4. The maximum Gasteiger partial charge on any atom is 0.313 e. The van der Waals surface area contributed by atoms with E-state index in [9.17, 15) is 14.4 Å². The van der Waals surface area contributed by atoms with Gasteiger partial charge in [0.2, 0.25) is 0 Å². The van der Waals surface area contributed by atoms with Crippen molar-refractivity contribution in [3.63, 3.8) is 0 Å². The molecule has 0 fully saturated rings. The van der Waals surface area contributed by atoms with Crippen molar-refractivity contribution in [1.29, 1.82) is 0 Å². The molecule has 1 heterocycles. The van der Waals surface area contributed by atoms with Crippen molar-refractivity contribution in [3.8, 4) is 5.75 Å². The van der Waals surface area contributed by atoms with Gasteiger partial charge in [0.05, 0.1) is 5.92 Å². The van der Waals surface area contributed by atoms with Crippen LogP contribution in [0, 0.1) is 5.92 Å². The molecule has 0 aromatic heterocycles. The molecule has 0 aliphatic carbocycles. The number of carbonyl (C=O) groups is 3. The highest BCUT2D eigenvalue weighted by Gasteiger charge is 2.30. The normalized spacial score (nSPS) is 16.3. The molecule has 0 saturated carbocycles. The van der Waals surface area contributed by atoms with Gasteiger partial charge in [-0.15, -0.1) is 0 Å². The van der Waals surface area contributed by atoms with E-state index in [4.69, 9.17) is 21.1 Å². The first kappa shape index (κ1) is 19.9. The summed E-state index contributed by atoms with van der Waals surface area (Å²) in [4.78, 5) is 36.2. The Balaban J connectivity index is 1.59. The number of esters is 1. The molecule has 146 valence electrons. The van der Waals surface area contributed by atoms with Crippen LogP contribution < -0.4 is 10.1 Å². The molecule has 1 N–H and O–H groups in total. The summed E-state index contributed by atoms with van der Waals surface area (Å²) in [5.74, 6) is -0.903. The number of nitrogens with one attached hydrogen (secondary N) is 1. The fourth-order valence-electron chi connectivity index (χ4n) is 2.90. The van der Waals surface area contributed by atoms with Crippen LogP contribution in [-0.4, -0.2) is 30.4 Å². The Morgan fingerprint density at radius 3 is 2.75 bits per heavy atom. The first-order chi connectivity index (χ1) is 13.3. The zero-order valence-electron chi connectivity index (χ0n) is 15.5. The van der Waals surface area contributed by atoms with E-state index < -0.39 is 23.9 Å². The number of halogens is 1. The van der Waals surface area contributed by atoms with Gasteiger partial charge in [0.1, 0.15) is 12.4 Å². The fourth-order valence-corrected chi connectivity index (χ4v) is 3.09. The third-order valence-corrected chi connectivity index (χ3v) is 4.70. The van der Waals surface area contributed by atoms with Crippen molar-refractivity contribution < 1.29 is 23.9 Å². The van der Waals surface area contributed by atoms with Crippen LogP contribution in [0.15, 0.2) is 42.5 Å². The largest absolute Gasteiger partial charge is 0.492 e. The SMILES string of the molecule is CC(=O)c1cccc(NC(=O)C(C)OC(=O)C2COc3ccc(Cl)cc3C2)c1. The van der Waals surface area contributed by atoms with E-state index in [1.165, 1.54) is 13.8 Å². The van der Waals surface area contributed by atoms with Crippen LogP contribution in [0.1, 0.15) is 29.8 Å². The minimum atomic E-state index is -0.991. The second-order valence-corrected chi connectivity index (χ2v) is 7.11. The fraction of sp³-hybridized carbons (Fsp3) is 0.286. The standard InChI is InChI=1S/C21H20ClNO5/c1-12(24)14-4-3-5-18(10-14)23-20(25)13(2)28-21(26)16-8-15-9-17(22)6-7-19(15)27-11-16/h3-7,9-10,13,16H,8,11H2,1-2H3,(H,23,25). The highest BCUT2D eigenvalue weighted by Crippen LogP contribution is 2.30. The third-order valence-electron chi connectivity index (χ3n) is 4.46. The van der Waals surface area contributed by atoms with Gasteiger partial charge in [0.25, 0.3) is 5.91 Å². The Hall–Kier alpha value is -2.86. The van der Waals surface area contributed by atoms with Crippen LogP contribution in [0.3, 0.4) is 0 Å². The number of fused-ring (bicyclic) bond motifs is 1. The lowest BCUT2D eigenvalue weighted by atomic mass is 9.97. The molecule has 2 unspecified atom stereocenters. The zero-order chi connectivity index (χ0) is 20.3. The minimum absolute atomic E-state index is 0.103. The van der Waals surface area contributed by atoms with Crippen molar-refractivity contribution >= 4 is 34.9 Å². The molecule has 0 saturated heterocycles. The number of benzene rings is 2. The van der Waals surface area contributed by atoms with Crippen LogP contribution in [0.2, 0.25) is 5.02 Å². The lowest BCUT2D eigenvalue weighted by Gasteiger charge is -2.25. The average molecular weight is 402 g/mol. The molecular formula is C21H20ClNO5. The van der Waals surface area contributed by atoms with E-state index in [-0.39, 0.29) is 12.4 Å². The molecular weight excluding hydrogens is 382 g/mol. The molecule has 1 aliphatic rings. The molecule has 2 atom stereocenters. The third kappa shape index (κ3) is 4.70. The number of ketones is 1. The molecule has 0 bridgehead atoms. The molecule has 0 spiro atoms. The van der Waals surface area contributed by atoms with E-state index in [1.807, 2.05) is 0 Å². The molecule has 28 heavy (non-hydrogen) atoms. The van der Waals surface area contributed by atoms with Crippen molar-refractivity contribution in [1.82, 2.24) is 0 Å². The lowest BCUT2D eigenvalue weighted by molar-refractivity contribution is -0.158. The summed E-state index contributed by atoms with van der Waals surface area (Å²) in [6, 6.07) is 11.8. The Labute approximate surface area is 167 Å². The van der Waals surface area contributed by atoms with Gasteiger partial charge in [-0.05, 0) is 56.2 Å². The summed E-state index contributed by atoms with van der Waals surface area (Å²) in [7, 11) is 0. The van der Waals surface area contributed by atoms with Gasteiger partial charge in [0, 0.05) is 16.3 Å². The van der Waals surface area contributed by atoms with Gasteiger partial charge in [-0.2, -0.15) is 0 Å². The summed E-state index contributed by atoms with van der Waals surface area (Å²) in [5, 5.41) is 3.22. The number of hydrogen-bond donors (Lipinski definition) is 1. The van der Waals surface area contributed by atoms with Gasteiger partial charge in [0.15, 0.2) is 11.9 Å². The Morgan fingerprint density at radius 1 is 1.21 bits per heavy atom. The van der Waals surface area contributed by atoms with E-state index in [0.29, 0.717) is 28.4 Å². The lowest BCUT2D eigenvalue weighted by Crippen LogP contribution is -2.36. The number of ether oxygens (including phenoxy) is 2. The van der Waals surface area contributed by atoms with Gasteiger partial charge >= 0.3 is 5.97 Å². The van der Waals surface area contributed by atoms with E-state index in [1.54, 1.807) is 42.5 Å². The van der Waals surface area contributed by atoms with Gasteiger partial charge < -0.3 is 14.8 Å². The van der Waals surface area contributed by atoms with E-state index in [0.717, 1.165) is 5.56 Å². The van der Waals surface area contributed by atoms with Crippen molar-refractivity contribution in [2.75, 3.05) is 11.9 Å². The van der Waals surface area contributed by atoms with E-state index >= 15 is 0 Å². The average Bonchev–Trinajstić information content (AvgIpc) is 2.67. The monoisotopic (exact) mass is 401 g/mol. The number of hydrogen-bond acceptors (Lipinski definition) is 5. The molecule has 1 amide bonds. The Bertz CT molecular complexity index is 927. The van der Waals surface area contributed by atoms with Crippen molar-refractivity contribution in [2.24, 2.45) is 5.92 Å². The summed E-state index contributed by atoms with van der Waals surface area (Å²) >= 11 is 5.99. The summed E-state index contributed by atoms with van der Waals surface area (Å²) in [6.45, 7) is 3.13. The predicted octanol–water partition coefficient (Wildman–Crippen LogP) is 3.66. The molecule has 3 rings (SSSR count). The van der Waals surface area contributed by atoms with E-state index in [2.05, 4.69) is 5.32 Å². The summed E-state index contributed by atoms with van der Waals surface area (Å²) in [6.07, 6.45) is -0.557. The highest BCUT2D eigenvalue weighted by atomic mass is 35.5. The van der Waals surface area contributed by atoms with Crippen LogP contribution in [0.25, 0.3) is 0 Å². The maximum atomic E-state index is 12.4. The van der Waals surface area contributed by atoms with Gasteiger partial charge in [-0.25, -0.2) is 0 Å². The number of Topliss-reactive ketones (excluding diaryl/α,β-unsaturated/α-hetero) is 1. The van der Waals surface area contributed by atoms with Gasteiger partial charge in [-0.1, -0.05) is 23.7 Å². The molecule has 1 aliphatic heterocycles. The number of anilines is 1. The Kier molecular flexibility index (Phi) is 5.99. The second-order valence-electron chi connectivity index (χ2n) is 6.67. The first-order valence-corrected chi connectivity index (χ1v) is 9.25.